The lowest BCUT2D eigenvalue weighted by atomic mass is 10.0. The van der Waals surface area contributed by atoms with Gasteiger partial charge in [-0.15, -0.1) is 0 Å². The summed E-state index contributed by atoms with van der Waals surface area (Å²) in [6.45, 7) is 4.64. The molecule has 0 aliphatic heterocycles. The number of methoxy groups -OCH3 is 1. The van der Waals surface area contributed by atoms with Crippen molar-refractivity contribution in [2.45, 2.75) is 45.2 Å². The smallest absolute Gasteiger partial charge is 0.118 e. The zero-order valence-corrected chi connectivity index (χ0v) is 12.8. The van der Waals surface area contributed by atoms with Crippen molar-refractivity contribution in [2.24, 2.45) is 11.8 Å². The molecular formula is C17H27NO2. The van der Waals surface area contributed by atoms with Crippen molar-refractivity contribution in [3.05, 3.63) is 29.8 Å². The third-order valence-corrected chi connectivity index (χ3v) is 4.01. The van der Waals surface area contributed by atoms with Gasteiger partial charge in [0.05, 0.1) is 13.7 Å². The highest BCUT2D eigenvalue weighted by Gasteiger charge is 2.37. The fraction of sp³-hybridized carbons (Fsp3) is 0.647. The van der Waals surface area contributed by atoms with Gasteiger partial charge in [-0.2, -0.15) is 0 Å². The molecule has 0 saturated heterocycles. The quantitative estimate of drug-likeness (QED) is 0.767. The first kappa shape index (κ1) is 15.3. The second-order valence-electron chi connectivity index (χ2n) is 6.33. The van der Waals surface area contributed by atoms with Crippen LogP contribution in [0.3, 0.4) is 0 Å². The molecule has 1 aliphatic rings. The molecule has 0 heterocycles. The van der Waals surface area contributed by atoms with Gasteiger partial charge in [0, 0.05) is 12.1 Å². The van der Waals surface area contributed by atoms with Gasteiger partial charge in [-0.1, -0.05) is 26.0 Å². The van der Waals surface area contributed by atoms with Crippen molar-refractivity contribution in [3.8, 4) is 5.75 Å². The number of ether oxygens (including phenoxy) is 1. The normalized spacial score (nSPS) is 22.9. The summed E-state index contributed by atoms with van der Waals surface area (Å²) in [7, 11) is 1.69. The number of nitrogens with one attached hydrogen (secondary N) is 1. The van der Waals surface area contributed by atoms with Gasteiger partial charge in [0.1, 0.15) is 5.75 Å². The van der Waals surface area contributed by atoms with Gasteiger partial charge in [-0.3, -0.25) is 0 Å². The topological polar surface area (TPSA) is 41.5 Å². The lowest BCUT2D eigenvalue weighted by molar-refractivity contribution is 0.221. The monoisotopic (exact) mass is 277 g/mol. The molecule has 3 atom stereocenters. The minimum absolute atomic E-state index is 0.240. The predicted octanol–water partition coefficient (Wildman–Crippen LogP) is 2.62. The van der Waals surface area contributed by atoms with Crippen molar-refractivity contribution < 1.29 is 9.84 Å². The van der Waals surface area contributed by atoms with E-state index in [-0.39, 0.29) is 12.6 Å². The maximum Gasteiger partial charge on any atom is 0.118 e. The summed E-state index contributed by atoms with van der Waals surface area (Å²) in [5, 5.41) is 13.0. The molecule has 0 spiro atoms. The van der Waals surface area contributed by atoms with Crippen LogP contribution in [0.4, 0.5) is 0 Å². The first-order valence-electron chi connectivity index (χ1n) is 7.62. The van der Waals surface area contributed by atoms with Gasteiger partial charge in [0.15, 0.2) is 0 Å². The van der Waals surface area contributed by atoms with E-state index in [9.17, 15) is 5.11 Å². The highest BCUT2D eigenvalue weighted by molar-refractivity contribution is 5.28. The van der Waals surface area contributed by atoms with E-state index in [2.05, 4.69) is 31.3 Å². The van der Waals surface area contributed by atoms with E-state index < -0.39 is 0 Å². The molecule has 112 valence electrons. The molecule has 20 heavy (non-hydrogen) atoms. The second kappa shape index (κ2) is 7.09. The van der Waals surface area contributed by atoms with Crippen LogP contribution in [0.2, 0.25) is 0 Å². The second-order valence-corrected chi connectivity index (χ2v) is 6.33. The molecule has 0 amide bonds. The molecular weight excluding hydrogens is 250 g/mol. The first-order valence-corrected chi connectivity index (χ1v) is 7.62. The zero-order chi connectivity index (χ0) is 14.5. The Labute approximate surface area is 122 Å². The maximum absolute atomic E-state index is 9.41. The summed E-state index contributed by atoms with van der Waals surface area (Å²) in [6, 6.07) is 9.16. The molecule has 1 fully saturated rings. The molecule has 0 radical (unpaired) electrons. The number of hydrogen-bond acceptors (Lipinski definition) is 3. The lowest BCUT2D eigenvalue weighted by Crippen LogP contribution is -2.36. The van der Waals surface area contributed by atoms with E-state index in [1.807, 2.05) is 12.1 Å². The van der Waals surface area contributed by atoms with E-state index in [0.717, 1.165) is 18.6 Å². The summed E-state index contributed by atoms with van der Waals surface area (Å²) in [4.78, 5) is 0. The van der Waals surface area contributed by atoms with Crippen molar-refractivity contribution in [1.29, 1.82) is 0 Å². The summed E-state index contributed by atoms with van der Waals surface area (Å²) in [5.74, 6) is 2.25. The van der Waals surface area contributed by atoms with E-state index in [0.29, 0.717) is 17.9 Å². The number of hydrogen-bond donors (Lipinski definition) is 2. The Morgan fingerprint density at radius 2 is 2.00 bits per heavy atom. The summed E-state index contributed by atoms with van der Waals surface area (Å²) in [5.41, 5.74) is 1.37. The third-order valence-electron chi connectivity index (χ3n) is 4.01. The average Bonchev–Trinajstić information content (AvgIpc) is 3.16. The van der Waals surface area contributed by atoms with Gasteiger partial charge >= 0.3 is 0 Å². The highest BCUT2D eigenvalue weighted by atomic mass is 16.5. The Kier molecular flexibility index (Phi) is 5.44. The molecule has 3 heteroatoms. The molecule has 1 aromatic carbocycles. The van der Waals surface area contributed by atoms with E-state index >= 15 is 0 Å². The van der Waals surface area contributed by atoms with Crippen LogP contribution in [-0.2, 0) is 6.42 Å². The van der Waals surface area contributed by atoms with Crippen LogP contribution in [0.15, 0.2) is 24.3 Å². The predicted molar refractivity (Wildman–Crippen MR) is 82.1 cm³/mol. The minimum Gasteiger partial charge on any atom is -0.497 e. The highest BCUT2D eigenvalue weighted by Crippen LogP contribution is 2.34. The van der Waals surface area contributed by atoms with Crippen molar-refractivity contribution in [3.63, 3.8) is 0 Å². The maximum atomic E-state index is 9.41. The van der Waals surface area contributed by atoms with Crippen molar-refractivity contribution >= 4 is 0 Å². The average molecular weight is 277 g/mol. The molecule has 3 nitrogen and oxygen atoms in total. The van der Waals surface area contributed by atoms with Crippen LogP contribution in [0.5, 0.6) is 5.75 Å². The number of aliphatic hydroxyl groups excluding tert-OH is 1. The fourth-order valence-electron chi connectivity index (χ4n) is 2.81. The Morgan fingerprint density at radius 3 is 2.55 bits per heavy atom. The standard InChI is InChI=1S/C17H27NO2/c1-12(2)8-15(11-19)18-17-10-14(17)9-13-4-6-16(20-3)7-5-13/h4-7,12,14-15,17-19H,8-11H2,1-3H3/t14-,15-,17-/m0/s1. The Morgan fingerprint density at radius 1 is 1.30 bits per heavy atom. The zero-order valence-electron chi connectivity index (χ0n) is 12.8. The molecule has 1 saturated carbocycles. The summed E-state index contributed by atoms with van der Waals surface area (Å²) < 4.78 is 5.17. The van der Waals surface area contributed by atoms with Crippen LogP contribution in [0.1, 0.15) is 32.3 Å². The Bertz CT molecular complexity index is 402. The Hall–Kier alpha value is -1.06. The van der Waals surface area contributed by atoms with Gasteiger partial charge in [-0.25, -0.2) is 0 Å². The first-order chi connectivity index (χ1) is 9.62. The van der Waals surface area contributed by atoms with Crippen molar-refractivity contribution in [2.75, 3.05) is 13.7 Å². The summed E-state index contributed by atoms with van der Waals surface area (Å²) in [6.07, 6.45) is 3.38. The molecule has 0 bridgehead atoms. The number of benzene rings is 1. The van der Waals surface area contributed by atoms with Crippen LogP contribution < -0.4 is 10.1 Å². The molecule has 0 unspecified atom stereocenters. The van der Waals surface area contributed by atoms with Crippen LogP contribution in [0, 0.1) is 11.8 Å². The minimum atomic E-state index is 0.240. The van der Waals surface area contributed by atoms with Crippen LogP contribution >= 0.6 is 0 Å². The number of aliphatic hydroxyl groups is 1. The molecule has 0 aromatic heterocycles. The van der Waals surface area contributed by atoms with Crippen LogP contribution in [0.25, 0.3) is 0 Å². The van der Waals surface area contributed by atoms with Crippen LogP contribution in [-0.4, -0.2) is 30.9 Å². The molecule has 2 rings (SSSR count). The van der Waals surface area contributed by atoms with Gasteiger partial charge in [0.2, 0.25) is 0 Å². The summed E-state index contributed by atoms with van der Waals surface area (Å²) >= 11 is 0. The van der Waals surface area contributed by atoms with Gasteiger partial charge in [-0.05, 0) is 48.8 Å². The lowest BCUT2D eigenvalue weighted by Gasteiger charge is -2.18. The SMILES string of the molecule is COc1ccc(C[C@H]2C[C@@H]2N[C@H](CO)CC(C)C)cc1. The van der Waals surface area contributed by atoms with Gasteiger partial charge in [0.25, 0.3) is 0 Å². The molecule has 2 N–H and O–H groups in total. The molecule has 1 aromatic rings. The largest absolute Gasteiger partial charge is 0.497 e. The van der Waals surface area contributed by atoms with Gasteiger partial charge < -0.3 is 15.2 Å². The number of rotatable bonds is 8. The fourth-order valence-corrected chi connectivity index (χ4v) is 2.81. The van der Waals surface area contributed by atoms with E-state index in [4.69, 9.17) is 4.74 Å². The molecule has 1 aliphatic carbocycles. The Balaban J connectivity index is 1.76. The third kappa shape index (κ3) is 4.50. The van der Waals surface area contributed by atoms with E-state index in [1.165, 1.54) is 12.0 Å². The van der Waals surface area contributed by atoms with E-state index in [1.54, 1.807) is 7.11 Å². The van der Waals surface area contributed by atoms with Crippen molar-refractivity contribution in [1.82, 2.24) is 5.32 Å².